The summed E-state index contributed by atoms with van der Waals surface area (Å²) in [6.45, 7) is 6.24. The summed E-state index contributed by atoms with van der Waals surface area (Å²) in [6.07, 6.45) is 5.76. The van der Waals surface area contributed by atoms with Crippen molar-refractivity contribution in [3.05, 3.63) is 35.4 Å². The fraction of sp³-hybridized carbons (Fsp3) is 0.667. The Morgan fingerprint density at radius 2 is 1.72 bits per heavy atom. The maximum absolute atomic E-state index is 14.5. The van der Waals surface area contributed by atoms with Crippen LogP contribution in [-0.2, 0) is 45.7 Å². The topological polar surface area (TPSA) is 249 Å². The molecule has 16 heteroatoms. The fourth-order valence-electron chi connectivity index (χ4n) is 8.25. The van der Waals surface area contributed by atoms with E-state index in [-0.39, 0.29) is 86.2 Å². The van der Waals surface area contributed by atoms with Crippen LogP contribution >= 0.6 is 11.8 Å². The third kappa shape index (κ3) is 14.1. The summed E-state index contributed by atoms with van der Waals surface area (Å²) in [5.41, 5.74) is 17.9. The standard InChI is InChI=1S/C42H64N8O7S/c1-42(2,3)30(38(43)55)23-33(51)31(14-8-17-47-41(44)45)48-39(56)29-22-34(52)37(28-12-5-4-6-13-28)49-40(57)32-15-9-19-50(32)36(54)16-18-46-35(53)21-26-10-7-11-27(20-26)24-58-25-29/h7,10-11,20,28-32,37H,4-6,8-9,12-19,21-25H2,1-3H3,(H2,43,55)(H,46,53)(H,48,56)(H,49,57)(H4,44,45,47)/t29-,30+,31-,32-,37-/m0/s1. The highest BCUT2D eigenvalue weighted by Gasteiger charge is 2.40. The summed E-state index contributed by atoms with van der Waals surface area (Å²) in [5, 5.41) is 8.81. The van der Waals surface area contributed by atoms with E-state index >= 15 is 0 Å². The Bertz CT molecular complexity index is 1670. The van der Waals surface area contributed by atoms with Crippen molar-refractivity contribution in [1.82, 2.24) is 20.9 Å². The molecule has 320 valence electrons. The van der Waals surface area contributed by atoms with Gasteiger partial charge in [-0.2, -0.15) is 11.8 Å². The van der Waals surface area contributed by atoms with E-state index in [2.05, 4.69) is 20.9 Å². The number of fused-ring (bicyclic) bond motifs is 3. The Morgan fingerprint density at radius 3 is 2.41 bits per heavy atom. The maximum Gasteiger partial charge on any atom is 0.243 e. The average molecular weight is 825 g/mol. The molecule has 0 unspecified atom stereocenters. The number of ketones is 2. The molecule has 1 saturated carbocycles. The predicted octanol–water partition coefficient (Wildman–Crippen LogP) is 2.26. The summed E-state index contributed by atoms with van der Waals surface area (Å²) in [4.78, 5) is 101. The number of benzene rings is 1. The van der Waals surface area contributed by atoms with Crippen molar-refractivity contribution in [3.63, 3.8) is 0 Å². The number of hydrogen-bond donors (Lipinski definition) is 6. The number of carbonyl (C=O) groups is 7. The molecule has 15 nitrogen and oxygen atoms in total. The third-order valence-corrected chi connectivity index (χ3v) is 12.7. The van der Waals surface area contributed by atoms with Crippen molar-refractivity contribution >= 4 is 58.8 Å². The Morgan fingerprint density at radius 1 is 1.00 bits per heavy atom. The summed E-state index contributed by atoms with van der Waals surface area (Å²) in [5.74, 6) is -3.81. The summed E-state index contributed by atoms with van der Waals surface area (Å²) in [7, 11) is 0. The van der Waals surface area contributed by atoms with Gasteiger partial charge in [-0.3, -0.25) is 38.6 Å². The molecule has 0 radical (unpaired) electrons. The second kappa shape index (κ2) is 22.1. The Labute approximate surface area is 346 Å². The van der Waals surface area contributed by atoms with Gasteiger partial charge in [0, 0.05) is 56.3 Å². The van der Waals surface area contributed by atoms with Crippen molar-refractivity contribution in [1.29, 1.82) is 0 Å². The van der Waals surface area contributed by atoms with Crippen LogP contribution in [0.5, 0.6) is 0 Å². The molecule has 3 aliphatic rings. The van der Waals surface area contributed by atoms with Gasteiger partial charge < -0.3 is 38.1 Å². The van der Waals surface area contributed by atoms with E-state index < -0.39 is 53.1 Å². The zero-order valence-corrected chi connectivity index (χ0v) is 35.2. The number of amides is 5. The van der Waals surface area contributed by atoms with E-state index in [1.807, 2.05) is 45.0 Å². The van der Waals surface area contributed by atoms with Gasteiger partial charge in [0.25, 0.3) is 0 Å². The number of hydrogen-bond acceptors (Lipinski definition) is 9. The van der Waals surface area contributed by atoms with E-state index in [0.29, 0.717) is 31.6 Å². The van der Waals surface area contributed by atoms with Gasteiger partial charge in [0.15, 0.2) is 17.5 Å². The SMILES string of the molecule is CC(C)(C)[C@H](CC(=O)[C@H](CCCN=C(N)N)NC(=O)[C@@H]1CSCc2cccc(c2)CC(=O)NCCC(=O)N2CCC[C@H]2C(=O)N[C@@H](C2CCCCC2)C(=O)C1)C(N)=O. The summed E-state index contributed by atoms with van der Waals surface area (Å²) >= 11 is 1.46. The van der Waals surface area contributed by atoms with Crippen molar-refractivity contribution in [2.24, 2.45) is 45.4 Å². The summed E-state index contributed by atoms with van der Waals surface area (Å²) < 4.78 is 0. The van der Waals surface area contributed by atoms with Crippen molar-refractivity contribution < 1.29 is 33.6 Å². The van der Waals surface area contributed by atoms with Crippen LogP contribution in [0.2, 0.25) is 0 Å². The highest BCUT2D eigenvalue weighted by atomic mass is 32.2. The predicted molar refractivity (Wildman–Crippen MR) is 224 cm³/mol. The number of nitrogens with zero attached hydrogens (tertiary/aromatic N) is 2. The number of nitrogens with one attached hydrogen (secondary N) is 3. The second-order valence-electron chi connectivity index (χ2n) is 17.1. The molecule has 9 N–H and O–H groups in total. The highest BCUT2D eigenvalue weighted by molar-refractivity contribution is 7.98. The number of rotatable bonds is 11. The third-order valence-electron chi connectivity index (χ3n) is 11.5. The largest absolute Gasteiger partial charge is 0.370 e. The van der Waals surface area contributed by atoms with Crippen LogP contribution in [0.4, 0.5) is 0 Å². The van der Waals surface area contributed by atoms with E-state index in [9.17, 15) is 33.6 Å². The van der Waals surface area contributed by atoms with Crippen LogP contribution in [0.3, 0.4) is 0 Å². The first-order chi connectivity index (χ1) is 27.5. The molecule has 1 aromatic rings. The van der Waals surface area contributed by atoms with Crippen LogP contribution in [0.15, 0.2) is 29.3 Å². The van der Waals surface area contributed by atoms with Gasteiger partial charge in [-0.25, -0.2) is 0 Å². The first kappa shape index (κ1) is 46.2. The number of primary amides is 1. The number of carbonyl (C=O) groups excluding carboxylic acids is 7. The number of thioether (sulfide) groups is 1. The number of nitrogens with two attached hydrogens (primary N) is 3. The molecule has 0 aromatic heterocycles. The van der Waals surface area contributed by atoms with Crippen LogP contribution in [-0.4, -0.2) is 95.5 Å². The molecule has 5 atom stereocenters. The molecule has 2 heterocycles. The van der Waals surface area contributed by atoms with Gasteiger partial charge in [-0.05, 0) is 61.0 Å². The Balaban J connectivity index is 1.66. The lowest BCUT2D eigenvalue weighted by molar-refractivity contribution is -0.140. The lowest BCUT2D eigenvalue weighted by Crippen LogP contribution is -2.54. The Kier molecular flexibility index (Phi) is 17.6. The minimum absolute atomic E-state index is 0.0468. The van der Waals surface area contributed by atoms with Crippen LogP contribution in [0.25, 0.3) is 0 Å². The van der Waals surface area contributed by atoms with Gasteiger partial charge >= 0.3 is 0 Å². The minimum Gasteiger partial charge on any atom is -0.370 e. The van der Waals surface area contributed by atoms with Gasteiger partial charge in [0.1, 0.15) is 6.04 Å². The first-order valence-corrected chi connectivity index (χ1v) is 21.9. The van der Waals surface area contributed by atoms with E-state index in [1.54, 1.807) is 4.90 Å². The van der Waals surface area contributed by atoms with E-state index in [1.165, 1.54) is 11.8 Å². The average Bonchev–Trinajstić information content (AvgIpc) is 3.66. The van der Waals surface area contributed by atoms with Gasteiger partial charge in [0.2, 0.25) is 29.5 Å². The molecule has 5 amide bonds. The van der Waals surface area contributed by atoms with Crippen LogP contribution in [0, 0.1) is 23.2 Å². The fourth-order valence-corrected chi connectivity index (χ4v) is 9.33. The zero-order chi connectivity index (χ0) is 42.4. The quantitative estimate of drug-likeness (QED) is 0.108. The Hall–Kier alpha value is -4.47. The number of aliphatic imine (C=N–C) groups is 1. The highest BCUT2D eigenvalue weighted by Crippen LogP contribution is 2.31. The monoisotopic (exact) mass is 824 g/mol. The van der Waals surface area contributed by atoms with Crippen molar-refractivity contribution in [2.75, 3.05) is 25.4 Å². The number of guanidine groups is 1. The maximum atomic E-state index is 14.5. The molecule has 0 spiro atoms. The first-order valence-electron chi connectivity index (χ1n) is 20.8. The van der Waals surface area contributed by atoms with E-state index in [4.69, 9.17) is 17.2 Å². The zero-order valence-electron chi connectivity index (χ0n) is 34.4. The van der Waals surface area contributed by atoms with Crippen LogP contribution in [0.1, 0.15) is 109 Å². The summed E-state index contributed by atoms with van der Waals surface area (Å²) in [6, 6.07) is 4.97. The van der Waals surface area contributed by atoms with Gasteiger partial charge in [-0.1, -0.05) is 64.3 Å². The molecule has 1 aromatic carbocycles. The second-order valence-corrected chi connectivity index (χ2v) is 18.1. The van der Waals surface area contributed by atoms with Gasteiger partial charge in [0.05, 0.1) is 24.4 Å². The lowest BCUT2D eigenvalue weighted by Gasteiger charge is -2.33. The number of Topliss-reactive ketones (excluding diaryl/α,β-unsaturated/α-hetero) is 2. The molecular weight excluding hydrogens is 761 g/mol. The van der Waals surface area contributed by atoms with Crippen molar-refractivity contribution in [2.45, 2.75) is 128 Å². The lowest BCUT2D eigenvalue weighted by atomic mass is 9.76. The molecule has 2 aliphatic heterocycles. The molecule has 1 saturated heterocycles. The molecule has 2 fully saturated rings. The molecule has 2 bridgehead atoms. The van der Waals surface area contributed by atoms with Gasteiger partial charge in [-0.15, -0.1) is 0 Å². The molecular formula is C42H64N8O7S. The molecule has 1 aliphatic carbocycles. The smallest absolute Gasteiger partial charge is 0.243 e. The van der Waals surface area contributed by atoms with Crippen molar-refractivity contribution in [3.8, 4) is 0 Å². The molecule has 58 heavy (non-hydrogen) atoms. The normalized spacial score (nSPS) is 23.1. The molecule has 4 rings (SSSR count). The van der Waals surface area contributed by atoms with Crippen LogP contribution < -0.4 is 33.2 Å². The van der Waals surface area contributed by atoms with E-state index in [0.717, 1.165) is 43.2 Å². The minimum atomic E-state index is -1.00.